The number of nitrogens with zero attached hydrogens (tertiary/aromatic N) is 1. The molecule has 1 heterocycles. The number of hydrogen-bond acceptors (Lipinski definition) is 3. The van der Waals surface area contributed by atoms with Crippen molar-refractivity contribution in [1.29, 1.82) is 0 Å². The van der Waals surface area contributed by atoms with Gasteiger partial charge in [0.05, 0.1) is 41.9 Å². The summed E-state index contributed by atoms with van der Waals surface area (Å²) in [5.74, 6) is 0. The van der Waals surface area contributed by atoms with E-state index in [0.717, 1.165) is 5.56 Å². The molecule has 0 aromatic heterocycles. The number of benzene rings is 1. The molecule has 2 amide bonds. The molecule has 1 unspecified atom stereocenters. The van der Waals surface area contributed by atoms with Crippen LogP contribution < -0.4 is 5.32 Å². The lowest BCUT2D eigenvalue weighted by Crippen LogP contribution is -2.58. The van der Waals surface area contributed by atoms with Crippen LogP contribution in [0.5, 0.6) is 0 Å². The van der Waals surface area contributed by atoms with E-state index in [0.29, 0.717) is 29.7 Å². The highest BCUT2D eigenvalue weighted by atomic mass is 35.5. The van der Waals surface area contributed by atoms with E-state index in [9.17, 15) is 4.79 Å². The van der Waals surface area contributed by atoms with Gasteiger partial charge in [-0.2, -0.15) is 0 Å². The van der Waals surface area contributed by atoms with Crippen LogP contribution >= 0.6 is 23.2 Å². The number of rotatable bonds is 5. The zero-order valence-electron chi connectivity index (χ0n) is 11.7. The van der Waals surface area contributed by atoms with Crippen LogP contribution in [0.2, 0.25) is 10.0 Å². The third-order valence-electron chi connectivity index (χ3n) is 3.15. The second-order valence-corrected chi connectivity index (χ2v) is 5.94. The van der Waals surface area contributed by atoms with Crippen LogP contribution in [0.4, 0.5) is 4.79 Å². The number of carbonyl (C=O) groups excluding carboxylic acids is 1. The Morgan fingerprint density at radius 3 is 2.81 bits per heavy atom. The second kappa shape index (κ2) is 7.31. The van der Waals surface area contributed by atoms with Gasteiger partial charge in [0.1, 0.15) is 0 Å². The summed E-state index contributed by atoms with van der Waals surface area (Å²) in [6.07, 6.45) is -0.520. The largest absolute Gasteiger partial charge is 0.392 e. The number of carbonyl (C=O) groups is 1. The average molecular weight is 333 g/mol. The number of urea groups is 1. The molecule has 1 fully saturated rings. The molecule has 1 saturated heterocycles. The van der Waals surface area contributed by atoms with Gasteiger partial charge in [-0.3, -0.25) is 0 Å². The van der Waals surface area contributed by atoms with E-state index in [4.69, 9.17) is 33.0 Å². The summed E-state index contributed by atoms with van der Waals surface area (Å²) in [5, 5.41) is 12.8. The van der Waals surface area contributed by atoms with Crippen molar-refractivity contribution >= 4 is 29.2 Å². The van der Waals surface area contributed by atoms with Gasteiger partial charge in [0.2, 0.25) is 0 Å². The smallest absolute Gasteiger partial charge is 0.317 e. The van der Waals surface area contributed by atoms with Gasteiger partial charge < -0.3 is 20.1 Å². The minimum absolute atomic E-state index is 0.0248. The molecule has 0 bridgehead atoms. The Balaban J connectivity index is 1.68. The fraction of sp³-hybridized carbons (Fsp3) is 0.500. The molecule has 0 spiro atoms. The Morgan fingerprint density at radius 1 is 1.48 bits per heavy atom. The molecule has 2 N–H and O–H groups in total. The number of likely N-dealkylation sites (tertiary alicyclic amines) is 1. The molecular formula is C14H18Cl2N2O3. The van der Waals surface area contributed by atoms with Crippen LogP contribution in [0.3, 0.4) is 0 Å². The van der Waals surface area contributed by atoms with Gasteiger partial charge in [-0.15, -0.1) is 0 Å². The van der Waals surface area contributed by atoms with Gasteiger partial charge in [0.15, 0.2) is 0 Å². The highest BCUT2D eigenvalue weighted by molar-refractivity contribution is 6.42. The van der Waals surface area contributed by atoms with Gasteiger partial charge in [0.25, 0.3) is 0 Å². The highest BCUT2D eigenvalue weighted by Gasteiger charge is 2.31. The summed E-state index contributed by atoms with van der Waals surface area (Å²) in [6.45, 7) is 3.41. The lowest BCUT2D eigenvalue weighted by atomic mass is 10.1. The molecule has 1 aromatic rings. The minimum Gasteiger partial charge on any atom is -0.392 e. The van der Waals surface area contributed by atoms with Crippen molar-refractivity contribution in [3.8, 4) is 0 Å². The van der Waals surface area contributed by atoms with Crippen LogP contribution in [0.1, 0.15) is 12.5 Å². The van der Waals surface area contributed by atoms with Crippen LogP contribution in [-0.4, -0.2) is 47.9 Å². The fourth-order valence-corrected chi connectivity index (χ4v) is 2.22. The molecule has 1 aliphatic rings. The number of aliphatic hydroxyl groups excluding tert-OH is 1. The number of halogens is 2. The highest BCUT2D eigenvalue weighted by Crippen LogP contribution is 2.23. The van der Waals surface area contributed by atoms with E-state index >= 15 is 0 Å². The predicted octanol–water partition coefficient (Wildman–Crippen LogP) is 2.28. The fourth-order valence-electron chi connectivity index (χ4n) is 1.90. The standard InChI is InChI=1S/C14H18Cl2N2O3/c1-9(19)5-17-14(20)18-6-11(7-18)21-8-10-2-3-12(15)13(16)4-10/h2-4,9,11,19H,5-8H2,1H3,(H,17,20). The Bertz CT molecular complexity index is 505. The summed E-state index contributed by atoms with van der Waals surface area (Å²) in [6, 6.07) is 5.19. The lowest BCUT2D eigenvalue weighted by molar-refractivity contribution is -0.0444. The van der Waals surface area contributed by atoms with E-state index < -0.39 is 6.10 Å². The first-order valence-electron chi connectivity index (χ1n) is 6.72. The van der Waals surface area contributed by atoms with E-state index in [1.54, 1.807) is 24.0 Å². The Kier molecular flexibility index (Phi) is 5.70. The number of ether oxygens (including phenoxy) is 1. The molecule has 2 rings (SSSR count). The first kappa shape index (κ1) is 16.4. The summed E-state index contributed by atoms with van der Waals surface area (Å²) in [5.41, 5.74) is 0.946. The molecule has 21 heavy (non-hydrogen) atoms. The molecule has 0 radical (unpaired) electrons. The third-order valence-corrected chi connectivity index (χ3v) is 3.89. The van der Waals surface area contributed by atoms with Gasteiger partial charge in [-0.25, -0.2) is 4.79 Å². The van der Waals surface area contributed by atoms with Gasteiger partial charge >= 0.3 is 6.03 Å². The molecule has 116 valence electrons. The number of hydrogen-bond donors (Lipinski definition) is 2. The van der Waals surface area contributed by atoms with E-state index in [-0.39, 0.29) is 18.7 Å². The molecule has 0 saturated carbocycles. The van der Waals surface area contributed by atoms with Crippen LogP contribution in [0.15, 0.2) is 18.2 Å². The molecule has 1 aliphatic heterocycles. The van der Waals surface area contributed by atoms with Crippen LogP contribution in [0.25, 0.3) is 0 Å². The molecule has 0 aliphatic carbocycles. The van der Waals surface area contributed by atoms with Gasteiger partial charge in [0, 0.05) is 6.54 Å². The van der Waals surface area contributed by atoms with Crippen molar-refractivity contribution in [2.45, 2.75) is 25.7 Å². The Labute approximate surface area is 133 Å². The normalized spacial score (nSPS) is 16.5. The topological polar surface area (TPSA) is 61.8 Å². The van der Waals surface area contributed by atoms with E-state index in [2.05, 4.69) is 5.32 Å². The summed E-state index contributed by atoms with van der Waals surface area (Å²) >= 11 is 11.8. The predicted molar refractivity (Wildman–Crippen MR) is 81.7 cm³/mol. The quantitative estimate of drug-likeness (QED) is 0.869. The van der Waals surface area contributed by atoms with Crippen molar-refractivity contribution in [1.82, 2.24) is 10.2 Å². The maximum atomic E-state index is 11.6. The van der Waals surface area contributed by atoms with Crippen molar-refractivity contribution in [3.05, 3.63) is 33.8 Å². The SMILES string of the molecule is CC(O)CNC(=O)N1CC(OCc2ccc(Cl)c(Cl)c2)C1. The van der Waals surface area contributed by atoms with Crippen molar-refractivity contribution in [2.75, 3.05) is 19.6 Å². The number of nitrogens with one attached hydrogen (secondary N) is 1. The second-order valence-electron chi connectivity index (χ2n) is 5.12. The Morgan fingerprint density at radius 2 is 2.19 bits per heavy atom. The first-order valence-corrected chi connectivity index (χ1v) is 7.47. The Hall–Kier alpha value is -1.01. The summed E-state index contributed by atoms with van der Waals surface area (Å²) in [7, 11) is 0. The van der Waals surface area contributed by atoms with Crippen molar-refractivity contribution in [2.24, 2.45) is 0 Å². The number of amides is 2. The average Bonchev–Trinajstić information content (AvgIpc) is 2.38. The maximum Gasteiger partial charge on any atom is 0.317 e. The molecule has 1 aromatic carbocycles. The first-order chi connectivity index (χ1) is 9.95. The van der Waals surface area contributed by atoms with Crippen LogP contribution in [-0.2, 0) is 11.3 Å². The lowest BCUT2D eigenvalue weighted by Gasteiger charge is -2.38. The van der Waals surface area contributed by atoms with E-state index in [1.807, 2.05) is 6.07 Å². The number of aliphatic hydroxyl groups is 1. The zero-order chi connectivity index (χ0) is 15.4. The van der Waals surface area contributed by atoms with Crippen LogP contribution in [0, 0.1) is 0 Å². The summed E-state index contributed by atoms with van der Waals surface area (Å²) in [4.78, 5) is 13.3. The van der Waals surface area contributed by atoms with Crippen molar-refractivity contribution in [3.63, 3.8) is 0 Å². The maximum absolute atomic E-state index is 11.6. The molecular weight excluding hydrogens is 315 g/mol. The van der Waals surface area contributed by atoms with Gasteiger partial charge in [-0.05, 0) is 24.6 Å². The zero-order valence-corrected chi connectivity index (χ0v) is 13.2. The third kappa shape index (κ3) is 4.74. The minimum atomic E-state index is -0.545. The molecule has 1 atom stereocenters. The monoisotopic (exact) mass is 332 g/mol. The molecule has 5 nitrogen and oxygen atoms in total. The van der Waals surface area contributed by atoms with Crippen molar-refractivity contribution < 1.29 is 14.6 Å². The van der Waals surface area contributed by atoms with Gasteiger partial charge in [-0.1, -0.05) is 29.3 Å². The summed E-state index contributed by atoms with van der Waals surface area (Å²) < 4.78 is 5.69. The van der Waals surface area contributed by atoms with E-state index in [1.165, 1.54) is 0 Å². The molecule has 7 heteroatoms.